The third kappa shape index (κ3) is 10.3. The van der Waals surface area contributed by atoms with Crippen molar-refractivity contribution in [2.45, 2.75) is 116 Å². The first-order valence-electron chi connectivity index (χ1n) is 15.1. The number of phenols is 2. The van der Waals surface area contributed by atoms with E-state index in [4.69, 9.17) is 0 Å². The van der Waals surface area contributed by atoms with Crippen LogP contribution in [0.1, 0.15) is 97.0 Å². The van der Waals surface area contributed by atoms with E-state index in [9.17, 15) is 29.7 Å². The van der Waals surface area contributed by atoms with E-state index in [0.29, 0.717) is 11.0 Å². The van der Waals surface area contributed by atoms with Gasteiger partial charge in [0.1, 0.15) is 6.04 Å². The molecule has 0 radical (unpaired) electrons. The van der Waals surface area contributed by atoms with Crippen molar-refractivity contribution in [3.63, 3.8) is 0 Å². The second-order valence-electron chi connectivity index (χ2n) is 12.2. The summed E-state index contributed by atoms with van der Waals surface area (Å²) < 4.78 is 0. The molecular weight excluding hydrogens is 746 g/mol. The summed E-state index contributed by atoms with van der Waals surface area (Å²) in [6.45, 7) is 7.08. The van der Waals surface area contributed by atoms with Crippen molar-refractivity contribution in [3.05, 3.63) is 30.2 Å². The average Bonchev–Trinajstić information content (AvgIpc) is 3.35. The van der Waals surface area contributed by atoms with Gasteiger partial charge in [-0.25, -0.2) is 6.29 Å². The summed E-state index contributed by atoms with van der Waals surface area (Å²) in [5, 5.41) is 31.7. The van der Waals surface area contributed by atoms with Crippen molar-refractivity contribution in [1.82, 2.24) is 10.2 Å². The number of nitrogens with zero attached hydrogens (tertiary/aromatic N) is 1. The first-order valence-corrected chi connectivity index (χ1v) is 15.1. The Morgan fingerprint density at radius 3 is 2.41 bits per heavy atom. The molecule has 2 aliphatic carbocycles. The number of carbonyl (C=O) groups excluding carboxylic acids is 3. The van der Waals surface area contributed by atoms with Gasteiger partial charge in [0.2, 0.25) is 11.8 Å². The predicted molar refractivity (Wildman–Crippen MR) is 154 cm³/mol. The topological polar surface area (TPSA) is 127 Å². The van der Waals surface area contributed by atoms with Crippen LogP contribution in [0.4, 0.5) is 0 Å². The van der Waals surface area contributed by atoms with E-state index in [1.165, 1.54) is 55.2 Å². The van der Waals surface area contributed by atoms with E-state index < -0.39 is 18.2 Å². The first kappa shape index (κ1) is 35.6. The molecule has 0 aromatic heterocycles. The number of phenolic OH excluding ortho intramolecular Hbond substituents is 2. The van der Waals surface area contributed by atoms with Gasteiger partial charge in [-0.3, -0.25) is 9.59 Å². The van der Waals surface area contributed by atoms with Crippen LogP contribution in [0.3, 0.4) is 0 Å². The zero-order chi connectivity index (χ0) is 29.3. The third-order valence-electron chi connectivity index (χ3n) is 9.26. The summed E-state index contributed by atoms with van der Waals surface area (Å²) >= 11 is 0. The van der Waals surface area contributed by atoms with Gasteiger partial charge in [0.25, 0.3) is 0 Å². The van der Waals surface area contributed by atoms with E-state index in [-0.39, 0.29) is 79.7 Å². The Morgan fingerprint density at radius 1 is 1.15 bits per heavy atom. The van der Waals surface area contributed by atoms with Crippen LogP contribution >= 0.6 is 0 Å². The Balaban J connectivity index is 0.000000413. The normalized spacial score (nSPS) is 27.1. The molecule has 1 heterocycles. The Hall–Kier alpha value is -1.56. The Morgan fingerprint density at radius 2 is 1.85 bits per heavy atom. The van der Waals surface area contributed by atoms with Crippen LogP contribution in [0.25, 0.3) is 0 Å². The summed E-state index contributed by atoms with van der Waals surface area (Å²) in [6, 6.07) is 2.57. The average molecular weight is 795 g/mol. The molecule has 1 saturated heterocycles. The number of amides is 2. The maximum atomic E-state index is 13.2. The van der Waals surface area contributed by atoms with Crippen molar-refractivity contribution in [1.29, 1.82) is 0 Å². The van der Waals surface area contributed by atoms with Gasteiger partial charge in [0, 0.05) is 6.54 Å². The molecular formula is C32H48N2O6U. The van der Waals surface area contributed by atoms with Crippen LogP contribution in [-0.4, -0.2) is 63.1 Å². The maximum absolute atomic E-state index is 13.2. The van der Waals surface area contributed by atoms with E-state index in [0.717, 1.165) is 38.0 Å². The van der Waals surface area contributed by atoms with Crippen molar-refractivity contribution < 1.29 is 60.8 Å². The molecule has 3 aliphatic rings. The van der Waals surface area contributed by atoms with Gasteiger partial charge in [-0.2, -0.15) is 11.8 Å². The fourth-order valence-electron chi connectivity index (χ4n) is 6.18. The Bertz CT molecular complexity index is 990. The summed E-state index contributed by atoms with van der Waals surface area (Å²) in [4.78, 5) is 38.4. The molecule has 8 nitrogen and oxygen atoms in total. The molecule has 1 aliphatic heterocycles. The Labute approximate surface area is 269 Å². The number of hydrogen-bond acceptors (Lipinski definition) is 6. The van der Waals surface area contributed by atoms with Gasteiger partial charge >= 0.3 is 31.1 Å². The van der Waals surface area contributed by atoms with Crippen molar-refractivity contribution in [2.75, 3.05) is 6.54 Å². The summed E-state index contributed by atoms with van der Waals surface area (Å²) in [5.74, 6) is -0.360. The maximum Gasteiger partial charge on any atom is 2.00 e. The van der Waals surface area contributed by atoms with E-state index in [1.807, 2.05) is 6.29 Å². The minimum atomic E-state index is -0.797. The summed E-state index contributed by atoms with van der Waals surface area (Å²) in [7, 11) is 0. The van der Waals surface area contributed by atoms with E-state index in [1.54, 1.807) is 0 Å². The zero-order valence-electron chi connectivity index (χ0n) is 24.9. The zero-order valence-corrected chi connectivity index (χ0v) is 29.1. The second-order valence-corrected chi connectivity index (χ2v) is 12.2. The number of benzene rings is 1. The van der Waals surface area contributed by atoms with Crippen molar-refractivity contribution in [2.24, 2.45) is 17.3 Å². The standard InChI is InChI=1S/C21H27N2O6.C11H21.U/c24-12-15-10-16(25)11-23(15)21(29)20(14-4-2-1-3-5-14)22-19(28)9-13-6-7-17(26)18(27)8-13;1-4-10-6-8-11(3,5-2)9-7-10;/h6-8,14-16,20,25-27H,1-5,9-11H2,(H,22,28);8,10H,4-7,9H2,1-3H3;/q2*-1;+2. The molecule has 5 unspecified atom stereocenters. The summed E-state index contributed by atoms with van der Waals surface area (Å²) in [5.41, 5.74) is 1.08. The predicted octanol–water partition coefficient (Wildman–Crippen LogP) is 4.59. The van der Waals surface area contributed by atoms with Gasteiger partial charge < -0.3 is 36.8 Å². The second kappa shape index (κ2) is 16.9. The summed E-state index contributed by atoms with van der Waals surface area (Å²) in [6.07, 6.45) is 15.3. The monoisotopic (exact) mass is 794 g/mol. The van der Waals surface area contributed by atoms with Crippen LogP contribution in [0, 0.1) is 54.8 Å². The fourth-order valence-corrected chi connectivity index (χ4v) is 6.18. The molecule has 4 N–H and O–H groups in total. The van der Waals surface area contributed by atoms with Crippen molar-refractivity contribution >= 4 is 18.1 Å². The number of aliphatic hydroxyl groups is 1. The number of aliphatic hydroxyl groups excluding tert-OH is 1. The number of carbonyl (C=O) groups is 2. The number of aromatic hydroxyl groups is 2. The van der Waals surface area contributed by atoms with Crippen LogP contribution in [0.15, 0.2) is 18.2 Å². The van der Waals surface area contributed by atoms with E-state index >= 15 is 0 Å². The third-order valence-corrected chi connectivity index (χ3v) is 9.26. The molecule has 0 spiro atoms. The quantitative estimate of drug-likeness (QED) is 0.226. The molecule has 5 atom stereocenters. The number of hydrogen-bond donors (Lipinski definition) is 4. The van der Waals surface area contributed by atoms with Crippen LogP contribution in [-0.2, 0) is 20.8 Å². The van der Waals surface area contributed by atoms with Gasteiger partial charge in [-0.1, -0.05) is 83.7 Å². The minimum Gasteiger partial charge on any atom is -0.540 e. The molecule has 0 bridgehead atoms. The molecule has 1 aromatic rings. The van der Waals surface area contributed by atoms with Gasteiger partial charge in [-0.15, -0.1) is 0 Å². The largest absolute Gasteiger partial charge is 2.00 e. The van der Waals surface area contributed by atoms with Gasteiger partial charge in [0.05, 0.1) is 12.5 Å². The number of β-amino-alcohol motifs (C(OH)–C–C–N with tert-alkyl or cyclic N) is 1. The molecule has 2 amide bonds. The molecule has 3 fully saturated rings. The van der Waals surface area contributed by atoms with E-state index in [2.05, 4.69) is 32.5 Å². The van der Waals surface area contributed by atoms with Crippen LogP contribution < -0.4 is 5.32 Å². The number of nitrogens with one attached hydrogen (secondary N) is 1. The fraction of sp³-hybridized carbons (Fsp3) is 0.688. The molecule has 4 rings (SSSR count). The SMILES string of the molecule is CCC1C[CH-]C(C)(CC)CC1.O=[C-]C1CC(O)CN1C(=O)C(NC(=O)Cc1ccc(O)c(O)c1)C1CCCCC1.[U+2]. The first-order chi connectivity index (χ1) is 19.1. The van der Waals surface area contributed by atoms with Crippen LogP contribution in [0.5, 0.6) is 11.5 Å². The molecule has 41 heavy (non-hydrogen) atoms. The van der Waals surface area contributed by atoms with Gasteiger partial charge in [-0.05, 0) is 42.9 Å². The smallest absolute Gasteiger partial charge is 0.540 e. The minimum absolute atomic E-state index is 0. The molecule has 226 valence electrons. The molecule has 1 aromatic carbocycles. The number of likely N-dealkylation sites (tertiary alicyclic amines) is 1. The molecule has 2 saturated carbocycles. The molecule has 9 heteroatoms. The number of rotatable bonds is 8. The Kier molecular flexibility index (Phi) is 14.7. The van der Waals surface area contributed by atoms with Crippen LogP contribution in [0.2, 0.25) is 0 Å². The van der Waals surface area contributed by atoms with Gasteiger partial charge in [0.15, 0.2) is 11.5 Å². The van der Waals surface area contributed by atoms with Crippen molar-refractivity contribution in [3.8, 4) is 11.5 Å².